The largest absolute Gasteiger partial charge is 0.496 e. The lowest BCUT2D eigenvalue weighted by molar-refractivity contribution is -0.113. The molecule has 0 saturated carbocycles. The molecular weight excluding hydrogens is 355 g/mol. The zero-order valence-electron chi connectivity index (χ0n) is 14.7. The van der Waals surface area contributed by atoms with Crippen molar-refractivity contribution in [2.24, 2.45) is 0 Å². The van der Waals surface area contributed by atoms with Gasteiger partial charge in [0.25, 0.3) is 5.91 Å². The van der Waals surface area contributed by atoms with E-state index in [-0.39, 0.29) is 23.4 Å². The number of carbonyl (C=O) groups is 2. The summed E-state index contributed by atoms with van der Waals surface area (Å²) in [5.74, 6) is 0.523. The Morgan fingerprint density at radius 2 is 2.00 bits per heavy atom. The first-order valence-corrected chi connectivity index (χ1v) is 9.27. The Morgan fingerprint density at radius 3 is 2.73 bits per heavy atom. The fourth-order valence-corrected chi connectivity index (χ4v) is 3.12. The molecule has 0 radical (unpaired) electrons. The second-order valence-electron chi connectivity index (χ2n) is 5.44. The van der Waals surface area contributed by atoms with Crippen molar-refractivity contribution in [2.45, 2.75) is 12.7 Å². The Labute approximate surface area is 156 Å². The monoisotopic (exact) mass is 376 g/mol. The van der Waals surface area contributed by atoms with Gasteiger partial charge in [0.2, 0.25) is 5.91 Å². The van der Waals surface area contributed by atoms with E-state index in [4.69, 9.17) is 4.74 Å². The van der Waals surface area contributed by atoms with Crippen molar-refractivity contribution in [3.63, 3.8) is 0 Å². The summed E-state index contributed by atoms with van der Waals surface area (Å²) in [6, 6.07) is 11.1. The molecule has 0 aliphatic heterocycles. The van der Waals surface area contributed by atoms with Gasteiger partial charge in [0.15, 0.2) is 0 Å². The predicted octanol–water partition coefficient (Wildman–Crippen LogP) is 3.46. The molecule has 0 aliphatic rings. The highest BCUT2D eigenvalue weighted by atomic mass is 32.2. The summed E-state index contributed by atoms with van der Waals surface area (Å²) in [6.07, 6.45) is 0. The number of ether oxygens (including phenoxy) is 1. The van der Waals surface area contributed by atoms with Crippen molar-refractivity contribution < 1.29 is 18.7 Å². The molecule has 2 N–H and O–H groups in total. The zero-order valence-corrected chi connectivity index (χ0v) is 15.5. The van der Waals surface area contributed by atoms with Crippen LogP contribution in [0.3, 0.4) is 0 Å². The van der Waals surface area contributed by atoms with Gasteiger partial charge in [-0.1, -0.05) is 6.07 Å². The molecule has 0 heterocycles. The summed E-state index contributed by atoms with van der Waals surface area (Å²) in [7, 11) is 1.52. The highest BCUT2D eigenvalue weighted by Crippen LogP contribution is 2.24. The molecule has 2 rings (SSSR count). The van der Waals surface area contributed by atoms with Crippen molar-refractivity contribution in [1.29, 1.82) is 0 Å². The van der Waals surface area contributed by atoms with Crippen molar-refractivity contribution >= 4 is 29.3 Å². The fraction of sp³-hybridized carbons (Fsp3) is 0.263. The van der Waals surface area contributed by atoms with Gasteiger partial charge < -0.3 is 15.4 Å². The van der Waals surface area contributed by atoms with E-state index in [1.807, 2.05) is 6.92 Å². The quantitative estimate of drug-likeness (QED) is 0.740. The molecule has 0 bridgehead atoms. The van der Waals surface area contributed by atoms with Gasteiger partial charge in [-0.15, -0.1) is 11.8 Å². The van der Waals surface area contributed by atoms with Gasteiger partial charge in [0.05, 0.1) is 12.9 Å². The molecule has 0 aromatic heterocycles. The summed E-state index contributed by atoms with van der Waals surface area (Å²) >= 11 is 1.35. The maximum absolute atomic E-state index is 13.3. The molecule has 0 aliphatic carbocycles. The molecule has 0 fully saturated rings. The minimum absolute atomic E-state index is 0.184. The Morgan fingerprint density at radius 1 is 1.19 bits per heavy atom. The maximum atomic E-state index is 13.3. The Balaban J connectivity index is 1.89. The van der Waals surface area contributed by atoms with Gasteiger partial charge in [-0.25, -0.2) is 4.39 Å². The van der Waals surface area contributed by atoms with Crippen LogP contribution >= 0.6 is 11.8 Å². The Hall–Kier alpha value is -2.54. The Bertz CT molecular complexity index is 783. The van der Waals surface area contributed by atoms with Gasteiger partial charge in [0.1, 0.15) is 11.6 Å². The van der Waals surface area contributed by atoms with Gasteiger partial charge in [-0.3, -0.25) is 9.59 Å². The molecule has 138 valence electrons. The van der Waals surface area contributed by atoms with E-state index in [2.05, 4.69) is 10.6 Å². The van der Waals surface area contributed by atoms with Gasteiger partial charge in [0, 0.05) is 29.1 Å². The van der Waals surface area contributed by atoms with E-state index in [1.54, 1.807) is 30.3 Å². The Kier molecular flexibility index (Phi) is 7.47. The predicted molar refractivity (Wildman–Crippen MR) is 102 cm³/mol. The third-order valence-corrected chi connectivity index (χ3v) is 4.46. The van der Waals surface area contributed by atoms with Crippen LogP contribution in [0.2, 0.25) is 0 Å². The number of halogens is 1. The molecule has 5 nitrogen and oxygen atoms in total. The van der Waals surface area contributed by atoms with Crippen LogP contribution in [0.5, 0.6) is 5.75 Å². The van der Waals surface area contributed by atoms with Crippen LogP contribution in [-0.2, 0) is 10.5 Å². The van der Waals surface area contributed by atoms with E-state index in [1.165, 1.54) is 31.0 Å². The van der Waals surface area contributed by atoms with Crippen molar-refractivity contribution in [3.8, 4) is 5.75 Å². The van der Waals surface area contributed by atoms with E-state index in [9.17, 15) is 14.0 Å². The summed E-state index contributed by atoms with van der Waals surface area (Å²) < 4.78 is 18.5. The number of anilines is 1. The van der Waals surface area contributed by atoms with E-state index in [0.717, 1.165) is 0 Å². The number of amides is 2. The van der Waals surface area contributed by atoms with E-state index < -0.39 is 0 Å². The molecule has 0 unspecified atom stereocenters. The number of hydrogen-bond donors (Lipinski definition) is 2. The lowest BCUT2D eigenvalue weighted by atomic mass is 10.2. The smallest absolute Gasteiger partial charge is 0.251 e. The van der Waals surface area contributed by atoms with Crippen LogP contribution < -0.4 is 15.4 Å². The second-order valence-corrected chi connectivity index (χ2v) is 6.42. The third kappa shape index (κ3) is 5.77. The highest BCUT2D eigenvalue weighted by molar-refractivity contribution is 7.99. The lowest BCUT2D eigenvalue weighted by Gasteiger charge is -2.09. The SMILES string of the molecule is CCNC(=O)c1cccc(NC(=O)CSCc2cc(F)ccc2OC)c1. The number of hydrogen-bond acceptors (Lipinski definition) is 4. The topological polar surface area (TPSA) is 67.4 Å². The normalized spacial score (nSPS) is 10.3. The average Bonchev–Trinajstić information content (AvgIpc) is 2.62. The number of thioether (sulfide) groups is 1. The first-order valence-electron chi connectivity index (χ1n) is 8.11. The molecular formula is C19H21FN2O3S. The van der Waals surface area contributed by atoms with Crippen LogP contribution in [0.1, 0.15) is 22.8 Å². The van der Waals surface area contributed by atoms with Gasteiger partial charge in [-0.05, 0) is 43.3 Å². The molecule has 0 atom stereocenters. The number of methoxy groups -OCH3 is 1. The van der Waals surface area contributed by atoms with E-state index in [0.29, 0.717) is 34.9 Å². The number of nitrogens with one attached hydrogen (secondary N) is 2. The van der Waals surface area contributed by atoms with Crippen LogP contribution in [0.15, 0.2) is 42.5 Å². The number of carbonyl (C=O) groups excluding carboxylic acids is 2. The molecule has 0 spiro atoms. The molecule has 2 amide bonds. The van der Waals surface area contributed by atoms with Crippen LogP contribution in [-0.4, -0.2) is 31.2 Å². The molecule has 26 heavy (non-hydrogen) atoms. The van der Waals surface area contributed by atoms with Crippen molar-refractivity contribution in [3.05, 3.63) is 59.4 Å². The summed E-state index contributed by atoms with van der Waals surface area (Å²) in [5.41, 5.74) is 1.74. The average molecular weight is 376 g/mol. The van der Waals surface area contributed by atoms with Gasteiger partial charge >= 0.3 is 0 Å². The fourth-order valence-electron chi connectivity index (χ4n) is 2.31. The van der Waals surface area contributed by atoms with Crippen LogP contribution in [0.4, 0.5) is 10.1 Å². The minimum Gasteiger partial charge on any atom is -0.496 e. The summed E-state index contributed by atoms with van der Waals surface area (Å²) in [4.78, 5) is 23.9. The highest BCUT2D eigenvalue weighted by Gasteiger charge is 2.09. The second kappa shape index (κ2) is 9.82. The molecule has 2 aromatic carbocycles. The molecule has 7 heteroatoms. The first kappa shape index (κ1) is 19.8. The summed E-state index contributed by atoms with van der Waals surface area (Å²) in [5, 5.41) is 5.47. The van der Waals surface area contributed by atoms with E-state index >= 15 is 0 Å². The van der Waals surface area contributed by atoms with Crippen LogP contribution in [0, 0.1) is 5.82 Å². The number of rotatable bonds is 8. The third-order valence-electron chi connectivity index (χ3n) is 3.48. The first-order chi connectivity index (χ1) is 12.5. The molecule has 2 aromatic rings. The number of benzene rings is 2. The maximum Gasteiger partial charge on any atom is 0.251 e. The molecule has 0 saturated heterocycles. The minimum atomic E-state index is -0.340. The van der Waals surface area contributed by atoms with Crippen LogP contribution in [0.25, 0.3) is 0 Å². The zero-order chi connectivity index (χ0) is 18.9. The van der Waals surface area contributed by atoms with Crippen molar-refractivity contribution in [2.75, 3.05) is 24.7 Å². The summed E-state index contributed by atoms with van der Waals surface area (Å²) in [6.45, 7) is 2.38. The van der Waals surface area contributed by atoms with Gasteiger partial charge in [-0.2, -0.15) is 0 Å². The van der Waals surface area contributed by atoms with Crippen molar-refractivity contribution in [1.82, 2.24) is 5.32 Å². The standard InChI is InChI=1S/C19H21FN2O3S/c1-3-21-19(24)13-5-4-6-16(10-13)22-18(23)12-26-11-14-9-15(20)7-8-17(14)25-2/h4-10H,3,11-12H2,1-2H3,(H,21,24)(H,22,23). The lowest BCUT2D eigenvalue weighted by Crippen LogP contribution is -2.23.